The highest BCUT2D eigenvalue weighted by Gasteiger charge is 2.63. The van der Waals surface area contributed by atoms with Gasteiger partial charge in [0.05, 0.1) is 47.9 Å². The highest BCUT2D eigenvalue weighted by Crippen LogP contribution is 2.66. The summed E-state index contributed by atoms with van der Waals surface area (Å²) in [6, 6.07) is 8.04. The lowest BCUT2D eigenvalue weighted by Gasteiger charge is -2.59. The maximum absolute atomic E-state index is 13.9. The number of methoxy groups -OCH3 is 1. The highest BCUT2D eigenvalue weighted by molar-refractivity contribution is 7.99. The first-order valence-corrected chi connectivity index (χ1v) is 17.7. The molecule has 46 heavy (non-hydrogen) atoms. The molecule has 3 aromatic rings. The Morgan fingerprint density at radius 2 is 2.00 bits per heavy atom. The number of ether oxygens (including phenoxy) is 1. The lowest BCUT2D eigenvalue weighted by atomic mass is 9.46. The molecule has 0 amide bonds. The Kier molecular flexibility index (Phi) is 7.95. The summed E-state index contributed by atoms with van der Waals surface area (Å²) in [6.45, 7) is 10.6. The van der Waals surface area contributed by atoms with E-state index in [1.54, 1.807) is 7.11 Å². The summed E-state index contributed by atoms with van der Waals surface area (Å²) in [6.07, 6.45) is 15.4. The molecular weight excluding hydrogens is 593 g/mol. The molecule has 3 saturated carbocycles. The number of carbonyl (C=O) groups is 1. The van der Waals surface area contributed by atoms with Crippen LogP contribution < -0.4 is 4.74 Å². The second-order valence-electron chi connectivity index (χ2n) is 14.4. The number of imidazole rings is 1. The molecule has 1 N–H and O–H groups in total. The molecule has 0 aliphatic heterocycles. The van der Waals surface area contributed by atoms with Crippen LogP contribution in [0, 0.1) is 34.5 Å². The highest BCUT2D eigenvalue weighted by atomic mass is 32.2. The van der Waals surface area contributed by atoms with Crippen molar-refractivity contribution in [1.82, 2.24) is 19.3 Å². The second kappa shape index (κ2) is 11.7. The summed E-state index contributed by atoms with van der Waals surface area (Å²) in [4.78, 5) is 18.7. The maximum atomic E-state index is 13.9. The largest absolute Gasteiger partial charge is 0.497 e. The van der Waals surface area contributed by atoms with Crippen molar-refractivity contribution in [3.8, 4) is 11.4 Å². The fourth-order valence-electron chi connectivity index (χ4n) is 10.0. The van der Waals surface area contributed by atoms with Gasteiger partial charge >= 0.3 is 0 Å². The Bertz CT molecular complexity index is 1730. The molecule has 8 heteroatoms. The second-order valence-corrected chi connectivity index (χ2v) is 15.3. The first-order chi connectivity index (χ1) is 22.1. The molecule has 0 spiro atoms. The minimum absolute atomic E-state index is 0.0276. The first kappa shape index (κ1) is 31.3. The number of thioether (sulfide) groups is 1. The molecule has 0 bridgehead atoms. The Hall–Kier alpha value is -3.36. The molecule has 0 radical (unpaired) electrons. The molecule has 7 rings (SSSR count). The van der Waals surface area contributed by atoms with E-state index in [1.165, 1.54) is 22.9 Å². The number of Topliss-reactive ketones (excluding diaryl/α,β-unsaturated/α-hetero) is 1. The zero-order valence-corrected chi connectivity index (χ0v) is 28.5. The monoisotopic (exact) mass is 638 g/mol. The number of allylic oxidation sites excluding steroid dienone is 2. The van der Waals surface area contributed by atoms with Gasteiger partial charge in [-0.25, -0.2) is 9.67 Å². The van der Waals surface area contributed by atoms with E-state index < -0.39 is 6.10 Å². The van der Waals surface area contributed by atoms with Crippen molar-refractivity contribution in [3.63, 3.8) is 0 Å². The Morgan fingerprint density at radius 3 is 2.72 bits per heavy atom. The molecule has 242 valence electrons. The van der Waals surface area contributed by atoms with E-state index in [-0.39, 0.29) is 22.7 Å². The van der Waals surface area contributed by atoms with Crippen LogP contribution in [0.1, 0.15) is 75.5 Å². The molecule has 0 saturated heterocycles. The van der Waals surface area contributed by atoms with E-state index >= 15 is 0 Å². The lowest BCUT2D eigenvalue weighted by molar-refractivity contribution is -0.140. The smallest absolute Gasteiger partial charge is 0.169 e. The van der Waals surface area contributed by atoms with Crippen LogP contribution in [0.15, 0.2) is 53.8 Å². The number of benzene rings is 1. The van der Waals surface area contributed by atoms with Crippen LogP contribution in [0.5, 0.6) is 5.75 Å². The van der Waals surface area contributed by atoms with Gasteiger partial charge in [-0.2, -0.15) is 5.10 Å². The quantitative estimate of drug-likeness (QED) is 0.259. The summed E-state index contributed by atoms with van der Waals surface area (Å²) < 4.78 is 9.42. The topological polar surface area (TPSA) is 82.2 Å². The molecule has 2 aromatic heterocycles. The predicted molar refractivity (Wildman–Crippen MR) is 185 cm³/mol. The summed E-state index contributed by atoms with van der Waals surface area (Å²) in [5.41, 5.74) is 6.40. The zero-order valence-electron chi connectivity index (χ0n) is 27.7. The zero-order chi connectivity index (χ0) is 32.4. The molecule has 2 heterocycles. The van der Waals surface area contributed by atoms with Gasteiger partial charge in [0.25, 0.3) is 0 Å². The fourth-order valence-corrected chi connectivity index (χ4v) is 11.0. The third kappa shape index (κ3) is 4.78. The first-order valence-electron chi connectivity index (χ1n) is 16.7. The van der Waals surface area contributed by atoms with Crippen molar-refractivity contribution in [2.45, 2.75) is 70.6 Å². The molecule has 7 atom stereocenters. The van der Waals surface area contributed by atoms with E-state index in [1.807, 2.05) is 71.9 Å². The Morgan fingerprint density at radius 1 is 1.22 bits per heavy atom. The van der Waals surface area contributed by atoms with E-state index in [4.69, 9.17) is 14.8 Å². The summed E-state index contributed by atoms with van der Waals surface area (Å²) in [7, 11) is 3.67. The number of hydrogen-bond donors (Lipinski definition) is 1. The van der Waals surface area contributed by atoms with E-state index in [2.05, 4.69) is 26.5 Å². The number of rotatable bonds is 8. The van der Waals surface area contributed by atoms with Crippen molar-refractivity contribution in [2.24, 2.45) is 41.5 Å². The summed E-state index contributed by atoms with van der Waals surface area (Å²) >= 11 is 1.53. The van der Waals surface area contributed by atoms with Crippen LogP contribution in [0.4, 0.5) is 0 Å². The predicted octanol–water partition coefficient (Wildman–Crippen LogP) is 7.42. The van der Waals surface area contributed by atoms with Crippen LogP contribution in [0.2, 0.25) is 0 Å². The van der Waals surface area contributed by atoms with Gasteiger partial charge in [-0.05, 0) is 122 Å². The summed E-state index contributed by atoms with van der Waals surface area (Å²) in [5.74, 6) is 2.54. The summed E-state index contributed by atoms with van der Waals surface area (Å²) in [5, 5.41) is 17.7. The van der Waals surface area contributed by atoms with Crippen molar-refractivity contribution in [3.05, 3.63) is 71.3 Å². The minimum atomic E-state index is -0.438. The Balaban J connectivity index is 1.10. The fraction of sp³-hybridized carbons (Fsp3) is 0.500. The molecule has 3 fully saturated rings. The van der Waals surface area contributed by atoms with Crippen LogP contribution in [0.25, 0.3) is 23.9 Å². The number of nitrogens with zero attached hydrogens (tertiary/aromatic N) is 4. The van der Waals surface area contributed by atoms with E-state index in [0.29, 0.717) is 29.8 Å². The van der Waals surface area contributed by atoms with Gasteiger partial charge in [0.2, 0.25) is 0 Å². The number of hydrogen-bond acceptors (Lipinski definition) is 6. The number of aromatic nitrogens is 4. The normalized spacial score (nSPS) is 31.5. The van der Waals surface area contributed by atoms with Gasteiger partial charge in [-0.1, -0.05) is 43.8 Å². The van der Waals surface area contributed by atoms with Crippen LogP contribution >= 0.6 is 11.8 Å². The van der Waals surface area contributed by atoms with Gasteiger partial charge in [-0.15, -0.1) is 0 Å². The van der Waals surface area contributed by atoms with E-state index in [0.717, 1.165) is 65.8 Å². The molecule has 7 nitrogen and oxygen atoms in total. The molecule has 4 aliphatic carbocycles. The van der Waals surface area contributed by atoms with Crippen LogP contribution in [-0.2, 0) is 18.3 Å². The minimum Gasteiger partial charge on any atom is -0.497 e. The molecule has 1 aromatic carbocycles. The van der Waals surface area contributed by atoms with Gasteiger partial charge in [0, 0.05) is 13.0 Å². The Labute approximate surface area is 276 Å². The van der Waals surface area contributed by atoms with Gasteiger partial charge in [0.15, 0.2) is 5.16 Å². The van der Waals surface area contributed by atoms with E-state index in [9.17, 15) is 9.90 Å². The van der Waals surface area contributed by atoms with Crippen molar-refractivity contribution in [2.75, 3.05) is 12.9 Å². The van der Waals surface area contributed by atoms with Crippen molar-refractivity contribution in [1.29, 1.82) is 0 Å². The average molecular weight is 639 g/mol. The molecule has 7 unspecified atom stereocenters. The lowest BCUT2D eigenvalue weighted by Crippen LogP contribution is -2.57. The standard InChI is InChI=1S/C38H46N4O3S/c1-7-9-30-31(8-2)41(5)36(40-30)46-22-34(44)29-17-16-28-27-15-10-24-18-32-23(19-37(24,3)35(27)33(43)20-38(28,29)4)21-39-42(32)25-11-13-26(45-6)14-12-25/h7-9,11-14,18,21,27-29,33,35,43H,2,10,15-17,19-20,22H2,1,3-6H3/b9-7-. The number of carbonyl (C=O) groups excluding carboxylic acids is 1. The maximum Gasteiger partial charge on any atom is 0.169 e. The average Bonchev–Trinajstić information content (AvgIpc) is 3.70. The van der Waals surface area contributed by atoms with Gasteiger partial charge in [-0.3, -0.25) is 4.79 Å². The molecule has 4 aliphatic rings. The van der Waals surface area contributed by atoms with Crippen molar-refractivity contribution >= 4 is 35.8 Å². The van der Waals surface area contributed by atoms with Crippen LogP contribution in [-0.4, -0.2) is 49.2 Å². The third-order valence-electron chi connectivity index (χ3n) is 12.1. The number of fused-ring (bicyclic) bond motifs is 6. The van der Waals surface area contributed by atoms with Crippen LogP contribution in [0.3, 0.4) is 0 Å². The third-order valence-corrected chi connectivity index (χ3v) is 13.2. The SMILES string of the molecule is C=Cc1c(/C=C\C)nc(SCC(=O)C2CCC3C4CCC5=Cc6c(cnn6-c6ccc(OC)cc6)CC5(C)C4C(O)CC23C)n1C. The van der Waals surface area contributed by atoms with Crippen molar-refractivity contribution < 1.29 is 14.6 Å². The van der Waals surface area contributed by atoms with Gasteiger partial charge in [0.1, 0.15) is 11.5 Å². The number of aliphatic hydroxyl groups excluding tert-OH is 1. The number of aliphatic hydroxyl groups is 1. The molecular formula is C38H46N4O3S. The van der Waals surface area contributed by atoms with Gasteiger partial charge < -0.3 is 14.4 Å². The number of ketones is 1.